The van der Waals surface area contributed by atoms with Gasteiger partial charge in [0.05, 0.1) is 4.90 Å². The van der Waals surface area contributed by atoms with Crippen molar-refractivity contribution in [2.24, 2.45) is 0 Å². The highest BCUT2D eigenvalue weighted by Gasteiger charge is 2.27. The van der Waals surface area contributed by atoms with Crippen molar-refractivity contribution in [1.29, 1.82) is 0 Å². The highest BCUT2D eigenvalue weighted by molar-refractivity contribution is 7.89. The van der Waals surface area contributed by atoms with E-state index >= 15 is 0 Å². The fourth-order valence-corrected chi connectivity index (χ4v) is 4.59. The van der Waals surface area contributed by atoms with Crippen molar-refractivity contribution in [2.45, 2.75) is 4.90 Å². The van der Waals surface area contributed by atoms with Crippen molar-refractivity contribution in [3.63, 3.8) is 0 Å². The Morgan fingerprint density at radius 1 is 1.20 bits per heavy atom. The number of hydrogen-bond acceptors (Lipinski definition) is 4. The second kappa shape index (κ2) is 6.50. The predicted molar refractivity (Wildman–Crippen MR) is 77.0 cm³/mol. The molecule has 1 aromatic rings. The first-order valence-corrected chi connectivity index (χ1v) is 9.02. The molecule has 0 saturated carbocycles. The third kappa shape index (κ3) is 3.46. The Labute approximate surface area is 121 Å². The molecule has 0 atom stereocenters. The molecule has 1 aliphatic rings. The maximum atomic E-state index is 12.4. The molecule has 20 heavy (non-hydrogen) atoms. The molecule has 0 aromatic heterocycles. The zero-order valence-corrected chi connectivity index (χ0v) is 12.4. The molecule has 1 saturated heterocycles. The monoisotopic (exact) mass is 313 g/mol. The van der Waals surface area contributed by atoms with Crippen LogP contribution in [0.4, 0.5) is 0 Å². The number of aliphatic hydroxyl groups excluding tert-OH is 1. The van der Waals surface area contributed by atoms with Crippen molar-refractivity contribution in [3.8, 4) is 11.8 Å². The predicted octanol–water partition coefficient (Wildman–Crippen LogP) is -0.217. The maximum Gasteiger partial charge on any atom is 0.243 e. The van der Waals surface area contributed by atoms with Gasteiger partial charge in [-0.2, -0.15) is 4.31 Å². The van der Waals surface area contributed by atoms with E-state index in [9.17, 15) is 12.6 Å². The van der Waals surface area contributed by atoms with E-state index in [0.29, 0.717) is 30.2 Å². The van der Waals surface area contributed by atoms with Gasteiger partial charge in [0.2, 0.25) is 10.0 Å². The first-order valence-electron chi connectivity index (χ1n) is 6.09. The van der Waals surface area contributed by atoms with Gasteiger partial charge < -0.3 is 5.11 Å². The van der Waals surface area contributed by atoms with Crippen molar-refractivity contribution in [3.05, 3.63) is 29.8 Å². The summed E-state index contributed by atoms with van der Waals surface area (Å²) < 4.78 is 37.4. The highest BCUT2D eigenvalue weighted by atomic mass is 32.2. The molecule has 0 bridgehead atoms. The van der Waals surface area contributed by atoms with Gasteiger partial charge in [-0.25, -0.2) is 8.42 Å². The van der Waals surface area contributed by atoms with E-state index in [1.165, 1.54) is 16.4 Å². The van der Waals surface area contributed by atoms with Gasteiger partial charge in [0.15, 0.2) is 0 Å². The van der Waals surface area contributed by atoms with Gasteiger partial charge in [-0.05, 0) is 24.3 Å². The van der Waals surface area contributed by atoms with Crippen LogP contribution in [-0.2, 0) is 20.8 Å². The molecule has 0 amide bonds. The van der Waals surface area contributed by atoms with Gasteiger partial charge in [-0.15, -0.1) is 0 Å². The van der Waals surface area contributed by atoms with Crippen LogP contribution >= 0.6 is 0 Å². The van der Waals surface area contributed by atoms with Gasteiger partial charge in [0.1, 0.15) is 6.61 Å². The number of hydrogen-bond donors (Lipinski definition) is 1. The fraction of sp³-hybridized carbons (Fsp3) is 0.385. The smallest absolute Gasteiger partial charge is 0.243 e. The molecule has 5 nitrogen and oxygen atoms in total. The van der Waals surface area contributed by atoms with Crippen LogP contribution in [0.1, 0.15) is 5.56 Å². The van der Waals surface area contributed by atoms with Crippen molar-refractivity contribution >= 4 is 20.8 Å². The van der Waals surface area contributed by atoms with E-state index in [1.807, 2.05) is 0 Å². The second-order valence-corrected chi connectivity index (χ2v) is 7.87. The van der Waals surface area contributed by atoms with E-state index in [1.54, 1.807) is 12.1 Å². The van der Waals surface area contributed by atoms with Crippen LogP contribution in [0.5, 0.6) is 0 Å². The van der Waals surface area contributed by atoms with E-state index in [2.05, 4.69) is 11.8 Å². The Bertz CT molecular complexity index is 646. The lowest BCUT2D eigenvalue weighted by atomic mass is 10.2. The molecule has 0 spiro atoms. The summed E-state index contributed by atoms with van der Waals surface area (Å²) >= 11 is 0. The Morgan fingerprint density at radius 2 is 1.80 bits per heavy atom. The third-order valence-electron chi connectivity index (χ3n) is 2.94. The number of nitrogens with zero attached hydrogens (tertiary/aromatic N) is 1. The molecule has 1 aliphatic heterocycles. The summed E-state index contributed by atoms with van der Waals surface area (Å²) in [5, 5.41) is 8.60. The number of benzene rings is 1. The number of sulfonamides is 1. The van der Waals surface area contributed by atoms with Crippen molar-refractivity contribution in [2.75, 3.05) is 31.2 Å². The van der Waals surface area contributed by atoms with E-state index < -0.39 is 20.8 Å². The molecule has 0 unspecified atom stereocenters. The Kier molecular flexibility index (Phi) is 4.94. The molecule has 108 valence electrons. The zero-order valence-electron chi connectivity index (χ0n) is 10.8. The summed E-state index contributed by atoms with van der Waals surface area (Å²) in [4.78, 5) is 0.208. The summed E-state index contributed by atoms with van der Waals surface area (Å²) in [6.45, 7) is 0.354. The molecule has 0 aliphatic carbocycles. The zero-order chi connectivity index (χ0) is 14.6. The summed E-state index contributed by atoms with van der Waals surface area (Å²) in [5.74, 6) is 5.99. The van der Waals surface area contributed by atoms with Crippen LogP contribution in [0.15, 0.2) is 29.2 Å². The summed E-state index contributed by atoms with van der Waals surface area (Å²) in [6.07, 6.45) is 0. The molecule has 1 heterocycles. The normalized spacial score (nSPS) is 17.4. The molecular weight excluding hydrogens is 298 g/mol. The first kappa shape index (κ1) is 15.2. The number of rotatable bonds is 2. The minimum atomic E-state index is -3.52. The SMILES string of the molecule is O=S1CCN(S(=O)(=O)c2ccc(C#CCO)cc2)CC1. The Hall–Kier alpha value is -1.20. The molecule has 2 rings (SSSR count). The summed E-state index contributed by atoms with van der Waals surface area (Å²) in [7, 11) is -4.43. The van der Waals surface area contributed by atoms with Gasteiger partial charge in [0, 0.05) is 41.0 Å². The molecule has 1 fully saturated rings. The Morgan fingerprint density at radius 3 is 2.35 bits per heavy atom. The van der Waals surface area contributed by atoms with E-state index in [-0.39, 0.29) is 11.5 Å². The van der Waals surface area contributed by atoms with E-state index in [0.717, 1.165) is 0 Å². The van der Waals surface area contributed by atoms with Crippen LogP contribution in [0.2, 0.25) is 0 Å². The second-order valence-electron chi connectivity index (χ2n) is 4.24. The largest absolute Gasteiger partial charge is 0.384 e. The van der Waals surface area contributed by atoms with Gasteiger partial charge in [-0.3, -0.25) is 4.21 Å². The Balaban J connectivity index is 2.19. The molecule has 0 radical (unpaired) electrons. The molecule has 7 heteroatoms. The molecular formula is C13H15NO4S2. The van der Waals surface area contributed by atoms with Crippen LogP contribution in [0, 0.1) is 11.8 Å². The highest BCUT2D eigenvalue weighted by Crippen LogP contribution is 2.17. The number of aliphatic hydroxyl groups is 1. The van der Waals surface area contributed by atoms with Crippen LogP contribution in [-0.4, -0.2) is 53.2 Å². The standard InChI is InChI=1S/C13H15NO4S2/c15-9-1-2-12-3-5-13(6-4-12)20(17,18)14-7-10-19(16)11-8-14/h3-6,15H,7-11H2. The third-order valence-corrected chi connectivity index (χ3v) is 6.13. The molecule has 1 N–H and O–H groups in total. The lowest BCUT2D eigenvalue weighted by molar-refractivity contribution is 0.350. The van der Waals surface area contributed by atoms with Crippen LogP contribution in [0.3, 0.4) is 0 Å². The average molecular weight is 313 g/mol. The van der Waals surface area contributed by atoms with Gasteiger partial charge >= 0.3 is 0 Å². The average Bonchev–Trinajstić information content (AvgIpc) is 2.46. The minimum absolute atomic E-state index is 0.208. The fourth-order valence-electron chi connectivity index (χ4n) is 1.86. The summed E-state index contributed by atoms with van der Waals surface area (Å²) in [6, 6.07) is 6.22. The molecule has 1 aromatic carbocycles. The lowest BCUT2D eigenvalue weighted by Crippen LogP contribution is -2.41. The lowest BCUT2D eigenvalue weighted by Gasteiger charge is -2.25. The van der Waals surface area contributed by atoms with Crippen LogP contribution in [0.25, 0.3) is 0 Å². The summed E-state index contributed by atoms with van der Waals surface area (Å²) in [5.41, 5.74) is 0.651. The topological polar surface area (TPSA) is 74.7 Å². The first-order chi connectivity index (χ1) is 9.54. The van der Waals surface area contributed by atoms with Gasteiger partial charge in [-0.1, -0.05) is 11.8 Å². The van der Waals surface area contributed by atoms with Crippen LogP contribution < -0.4 is 0 Å². The van der Waals surface area contributed by atoms with Gasteiger partial charge in [0.25, 0.3) is 0 Å². The van der Waals surface area contributed by atoms with E-state index in [4.69, 9.17) is 5.11 Å². The maximum absolute atomic E-state index is 12.4. The van der Waals surface area contributed by atoms with Crippen molar-refractivity contribution in [1.82, 2.24) is 4.31 Å². The minimum Gasteiger partial charge on any atom is -0.384 e. The van der Waals surface area contributed by atoms with Crippen molar-refractivity contribution < 1.29 is 17.7 Å². The quantitative estimate of drug-likeness (QED) is 0.766.